The summed E-state index contributed by atoms with van der Waals surface area (Å²) in [7, 11) is 1.51. The molecule has 0 radical (unpaired) electrons. The molecular formula is C13H18N2O5. The van der Waals surface area contributed by atoms with E-state index in [2.05, 4.69) is 5.16 Å². The van der Waals surface area contributed by atoms with E-state index >= 15 is 0 Å². The molecule has 0 aromatic carbocycles. The Balaban J connectivity index is 2.15. The van der Waals surface area contributed by atoms with Gasteiger partial charge < -0.3 is 19.3 Å². The van der Waals surface area contributed by atoms with Gasteiger partial charge in [0.15, 0.2) is 11.5 Å². The second kappa shape index (κ2) is 6.04. The molecule has 1 aromatic heterocycles. The molecule has 0 spiro atoms. The number of carbonyl (C=O) groups excluding carboxylic acids is 1. The van der Waals surface area contributed by atoms with Crippen LogP contribution in [-0.4, -0.2) is 46.7 Å². The van der Waals surface area contributed by atoms with Crippen LogP contribution in [0.1, 0.15) is 36.0 Å². The zero-order valence-electron chi connectivity index (χ0n) is 11.5. The summed E-state index contributed by atoms with van der Waals surface area (Å²) in [5.74, 6) is -0.657. The molecule has 1 fully saturated rings. The number of hydrogen-bond donors (Lipinski definition) is 1. The lowest BCUT2D eigenvalue weighted by atomic mass is 9.92. The lowest BCUT2D eigenvalue weighted by Crippen LogP contribution is -2.49. The van der Waals surface area contributed by atoms with Crippen LogP contribution in [0.4, 0.5) is 0 Å². The van der Waals surface area contributed by atoms with Gasteiger partial charge in [-0.25, -0.2) is 4.79 Å². The summed E-state index contributed by atoms with van der Waals surface area (Å²) in [4.78, 5) is 25.0. The molecule has 0 saturated carbocycles. The lowest BCUT2D eigenvalue weighted by Gasteiger charge is -2.35. The Morgan fingerprint density at radius 1 is 1.60 bits per heavy atom. The van der Waals surface area contributed by atoms with Crippen molar-refractivity contribution in [1.29, 1.82) is 0 Å². The van der Waals surface area contributed by atoms with Crippen LogP contribution >= 0.6 is 0 Å². The Morgan fingerprint density at radius 3 is 3.00 bits per heavy atom. The molecule has 2 unspecified atom stereocenters. The molecule has 1 amide bonds. The fraction of sp³-hybridized carbons (Fsp3) is 0.615. The highest BCUT2D eigenvalue weighted by Gasteiger charge is 2.36. The first-order chi connectivity index (χ1) is 9.52. The fourth-order valence-corrected chi connectivity index (χ4v) is 2.39. The number of methoxy groups -OCH3 is 1. The minimum absolute atomic E-state index is 0.123. The fourth-order valence-electron chi connectivity index (χ4n) is 2.39. The van der Waals surface area contributed by atoms with E-state index in [9.17, 15) is 14.7 Å². The van der Waals surface area contributed by atoms with E-state index in [1.54, 1.807) is 0 Å². The van der Waals surface area contributed by atoms with Crippen LogP contribution < -0.4 is 0 Å². The Bertz CT molecular complexity index is 499. The quantitative estimate of drug-likeness (QED) is 0.890. The molecule has 2 rings (SSSR count). The van der Waals surface area contributed by atoms with Crippen LogP contribution in [0.15, 0.2) is 10.6 Å². The number of nitrogens with zero attached hydrogens (tertiary/aromatic N) is 2. The van der Waals surface area contributed by atoms with Gasteiger partial charge in [0, 0.05) is 19.7 Å². The van der Waals surface area contributed by atoms with Crippen molar-refractivity contribution in [3.05, 3.63) is 17.5 Å². The minimum atomic E-state index is -0.981. The van der Waals surface area contributed by atoms with Gasteiger partial charge in [0.2, 0.25) is 0 Å². The van der Waals surface area contributed by atoms with Gasteiger partial charge in [0.05, 0.1) is 0 Å². The second-order valence-corrected chi connectivity index (χ2v) is 5.09. The monoisotopic (exact) mass is 282 g/mol. The number of rotatable bonds is 4. The standard InChI is InChI=1S/C13H18N2O5/c1-8-3-4-15(11(5-8)13(17)18)12(16)10-6-9(7-19-2)20-14-10/h6,8,11H,3-5,7H2,1-2H3,(H,17,18). The molecule has 1 saturated heterocycles. The van der Waals surface area contributed by atoms with E-state index < -0.39 is 17.9 Å². The summed E-state index contributed by atoms with van der Waals surface area (Å²) in [6, 6.07) is 0.691. The van der Waals surface area contributed by atoms with E-state index in [0.717, 1.165) is 6.42 Å². The summed E-state index contributed by atoms with van der Waals surface area (Å²) < 4.78 is 9.85. The van der Waals surface area contributed by atoms with Crippen molar-refractivity contribution in [3.8, 4) is 0 Å². The van der Waals surface area contributed by atoms with E-state index in [1.807, 2.05) is 6.92 Å². The van der Waals surface area contributed by atoms with Gasteiger partial charge in [-0.3, -0.25) is 4.79 Å². The number of aromatic nitrogens is 1. The molecule has 7 heteroatoms. The SMILES string of the molecule is COCc1cc(C(=O)N2CCC(C)CC2C(=O)O)no1. The Labute approximate surface area is 116 Å². The largest absolute Gasteiger partial charge is 0.480 e. The number of carboxylic acids is 1. The predicted molar refractivity (Wildman–Crippen MR) is 68.1 cm³/mol. The highest BCUT2D eigenvalue weighted by molar-refractivity contribution is 5.95. The summed E-state index contributed by atoms with van der Waals surface area (Å²) >= 11 is 0. The van der Waals surface area contributed by atoms with Crippen LogP contribution in [0.5, 0.6) is 0 Å². The zero-order chi connectivity index (χ0) is 14.7. The maximum atomic E-state index is 12.3. The van der Waals surface area contributed by atoms with E-state index in [0.29, 0.717) is 24.6 Å². The number of aliphatic carboxylic acids is 1. The number of carbonyl (C=O) groups is 2. The molecule has 2 heterocycles. The van der Waals surface area contributed by atoms with Crippen molar-refractivity contribution in [3.63, 3.8) is 0 Å². The predicted octanol–water partition coefficient (Wildman–Crippen LogP) is 1.15. The first-order valence-electron chi connectivity index (χ1n) is 6.51. The molecule has 1 aliphatic rings. The van der Waals surface area contributed by atoms with Crippen molar-refractivity contribution in [2.45, 2.75) is 32.4 Å². The van der Waals surface area contributed by atoms with Crippen LogP contribution in [-0.2, 0) is 16.1 Å². The summed E-state index contributed by atoms with van der Waals surface area (Å²) in [6.07, 6.45) is 1.25. The minimum Gasteiger partial charge on any atom is -0.480 e. The lowest BCUT2D eigenvalue weighted by molar-refractivity contribution is -0.144. The van der Waals surface area contributed by atoms with Gasteiger partial charge in [0.25, 0.3) is 5.91 Å². The number of ether oxygens (including phenoxy) is 1. The smallest absolute Gasteiger partial charge is 0.326 e. The van der Waals surface area contributed by atoms with Gasteiger partial charge >= 0.3 is 5.97 Å². The summed E-state index contributed by atoms with van der Waals surface area (Å²) in [6.45, 7) is 2.63. The first kappa shape index (κ1) is 14.5. The number of hydrogen-bond acceptors (Lipinski definition) is 5. The average molecular weight is 282 g/mol. The third kappa shape index (κ3) is 2.98. The molecule has 1 aromatic rings. The normalized spacial score (nSPS) is 22.8. The Kier molecular flexibility index (Phi) is 4.39. The molecule has 2 atom stereocenters. The number of carboxylic acid groups (broad SMARTS) is 1. The van der Waals surface area contributed by atoms with Crippen LogP contribution in [0.3, 0.4) is 0 Å². The van der Waals surface area contributed by atoms with Crippen molar-refractivity contribution in [2.75, 3.05) is 13.7 Å². The molecule has 7 nitrogen and oxygen atoms in total. The van der Waals surface area contributed by atoms with Crippen molar-refractivity contribution in [1.82, 2.24) is 10.1 Å². The maximum absolute atomic E-state index is 12.3. The van der Waals surface area contributed by atoms with Crippen molar-refractivity contribution in [2.24, 2.45) is 5.92 Å². The maximum Gasteiger partial charge on any atom is 0.326 e. The Hall–Kier alpha value is -1.89. The molecule has 1 aliphatic heterocycles. The topological polar surface area (TPSA) is 92.9 Å². The van der Waals surface area contributed by atoms with Gasteiger partial charge in [-0.15, -0.1) is 0 Å². The summed E-state index contributed by atoms with van der Waals surface area (Å²) in [5.41, 5.74) is 0.123. The highest BCUT2D eigenvalue weighted by Crippen LogP contribution is 2.24. The van der Waals surface area contributed by atoms with Crippen molar-refractivity contribution < 1.29 is 24.0 Å². The zero-order valence-corrected chi connectivity index (χ0v) is 11.5. The Morgan fingerprint density at radius 2 is 2.35 bits per heavy atom. The van der Waals surface area contributed by atoms with Crippen molar-refractivity contribution >= 4 is 11.9 Å². The second-order valence-electron chi connectivity index (χ2n) is 5.09. The molecule has 0 bridgehead atoms. The number of amides is 1. The molecular weight excluding hydrogens is 264 g/mol. The highest BCUT2D eigenvalue weighted by atomic mass is 16.5. The molecule has 110 valence electrons. The number of likely N-dealkylation sites (tertiary alicyclic amines) is 1. The molecule has 1 N–H and O–H groups in total. The third-order valence-electron chi connectivity index (χ3n) is 3.48. The van der Waals surface area contributed by atoms with Crippen LogP contribution in [0, 0.1) is 5.92 Å². The molecule has 0 aliphatic carbocycles. The van der Waals surface area contributed by atoms with Gasteiger partial charge in [-0.1, -0.05) is 12.1 Å². The van der Waals surface area contributed by atoms with E-state index in [1.165, 1.54) is 18.1 Å². The van der Waals surface area contributed by atoms with Gasteiger partial charge in [-0.2, -0.15) is 0 Å². The van der Waals surface area contributed by atoms with E-state index in [-0.39, 0.29) is 12.3 Å². The van der Waals surface area contributed by atoms with Gasteiger partial charge in [0.1, 0.15) is 12.6 Å². The third-order valence-corrected chi connectivity index (χ3v) is 3.48. The van der Waals surface area contributed by atoms with Crippen LogP contribution in [0.2, 0.25) is 0 Å². The average Bonchev–Trinajstić information content (AvgIpc) is 2.87. The van der Waals surface area contributed by atoms with Gasteiger partial charge in [-0.05, 0) is 18.8 Å². The van der Waals surface area contributed by atoms with Crippen LogP contribution in [0.25, 0.3) is 0 Å². The molecule has 20 heavy (non-hydrogen) atoms. The number of piperidine rings is 1. The summed E-state index contributed by atoms with van der Waals surface area (Å²) in [5, 5.41) is 12.9. The first-order valence-corrected chi connectivity index (χ1v) is 6.51. The van der Waals surface area contributed by atoms with E-state index in [4.69, 9.17) is 9.26 Å².